The highest BCUT2D eigenvalue weighted by molar-refractivity contribution is 7.94. The maximum absolute atomic E-state index is 11.6. The highest BCUT2D eigenvalue weighted by atomic mass is 32.2. The van der Waals surface area contributed by atoms with Crippen molar-refractivity contribution in [2.45, 2.75) is 19.5 Å². The molecule has 114 valence electrons. The molecule has 0 saturated heterocycles. The average Bonchev–Trinajstić information content (AvgIpc) is 2.90. The number of hydrogen-bond acceptors (Lipinski definition) is 6. The van der Waals surface area contributed by atoms with E-state index in [0.717, 1.165) is 16.7 Å². The lowest BCUT2D eigenvalue weighted by Gasteiger charge is -2.10. The largest absolute Gasteiger partial charge is 0.477 e. The summed E-state index contributed by atoms with van der Waals surface area (Å²) in [6.45, 7) is 1.66. The molecule has 1 aromatic heterocycles. The molecule has 0 aromatic carbocycles. The first-order chi connectivity index (χ1) is 9.77. The van der Waals surface area contributed by atoms with Crippen molar-refractivity contribution in [1.82, 2.24) is 15.6 Å². The predicted molar refractivity (Wildman–Crippen MR) is 75.9 cm³/mol. The molecule has 0 radical (unpaired) electrons. The first-order valence-corrected chi connectivity index (χ1v) is 8.45. The molecule has 1 unspecified atom stereocenters. The van der Waals surface area contributed by atoms with Crippen LogP contribution in [0.2, 0.25) is 0 Å². The number of carboxylic acids is 1. The van der Waals surface area contributed by atoms with Crippen LogP contribution in [0.5, 0.6) is 0 Å². The van der Waals surface area contributed by atoms with Crippen molar-refractivity contribution in [2.75, 3.05) is 5.75 Å². The summed E-state index contributed by atoms with van der Waals surface area (Å²) in [5.41, 5.74) is 0.398. The normalized spacial score (nSPS) is 19.4. The Morgan fingerprint density at radius 2 is 2.24 bits per heavy atom. The van der Waals surface area contributed by atoms with Crippen molar-refractivity contribution < 1.29 is 23.1 Å². The smallest absolute Gasteiger partial charge is 0.347 e. The molecule has 3 N–H and O–H groups in total. The second-order valence-corrected chi connectivity index (χ2v) is 7.43. The van der Waals surface area contributed by atoms with Crippen molar-refractivity contribution in [2.24, 2.45) is 0 Å². The predicted octanol–water partition coefficient (Wildman–Crippen LogP) is 0.260. The number of carboxylic acid groups (broad SMARTS) is 1. The lowest BCUT2D eigenvalue weighted by atomic mass is 10.3. The molecule has 21 heavy (non-hydrogen) atoms. The van der Waals surface area contributed by atoms with Crippen LogP contribution in [0.4, 0.5) is 4.79 Å². The van der Waals surface area contributed by atoms with Crippen molar-refractivity contribution in [3.8, 4) is 0 Å². The summed E-state index contributed by atoms with van der Waals surface area (Å²) in [6, 6.07) is -1.09. The van der Waals surface area contributed by atoms with Crippen LogP contribution in [0, 0.1) is 6.92 Å². The van der Waals surface area contributed by atoms with E-state index in [1.54, 1.807) is 6.92 Å². The molecule has 2 amide bonds. The number of hydrogen-bond donors (Lipinski definition) is 3. The van der Waals surface area contributed by atoms with Gasteiger partial charge in [-0.15, -0.1) is 11.3 Å². The molecule has 0 saturated carbocycles. The highest BCUT2D eigenvalue weighted by Gasteiger charge is 2.23. The second kappa shape index (κ2) is 5.82. The van der Waals surface area contributed by atoms with E-state index in [2.05, 4.69) is 15.6 Å². The Morgan fingerprint density at radius 1 is 1.52 bits per heavy atom. The van der Waals surface area contributed by atoms with E-state index in [4.69, 9.17) is 5.11 Å². The summed E-state index contributed by atoms with van der Waals surface area (Å²) in [5, 5.41) is 15.4. The first-order valence-electron chi connectivity index (χ1n) is 5.92. The lowest BCUT2D eigenvalue weighted by molar-refractivity contribution is 0.0701. The van der Waals surface area contributed by atoms with E-state index in [9.17, 15) is 18.0 Å². The van der Waals surface area contributed by atoms with Gasteiger partial charge in [-0.2, -0.15) is 0 Å². The summed E-state index contributed by atoms with van der Waals surface area (Å²) in [4.78, 5) is 26.7. The summed E-state index contributed by atoms with van der Waals surface area (Å²) < 4.78 is 22.4. The van der Waals surface area contributed by atoms with Gasteiger partial charge >= 0.3 is 12.0 Å². The van der Waals surface area contributed by atoms with Gasteiger partial charge in [0.15, 0.2) is 9.84 Å². The van der Waals surface area contributed by atoms with Crippen LogP contribution in [-0.4, -0.2) is 42.3 Å². The number of thiazole rings is 1. The van der Waals surface area contributed by atoms with Crippen molar-refractivity contribution in [1.29, 1.82) is 0 Å². The maximum Gasteiger partial charge on any atom is 0.347 e. The van der Waals surface area contributed by atoms with Crippen molar-refractivity contribution in [3.63, 3.8) is 0 Å². The van der Waals surface area contributed by atoms with Crippen molar-refractivity contribution >= 4 is 33.2 Å². The van der Waals surface area contributed by atoms with E-state index in [1.807, 2.05) is 0 Å². The number of aromatic carboxylic acids is 1. The number of sulfone groups is 1. The number of carbonyl (C=O) groups excluding carboxylic acids is 1. The molecule has 2 heterocycles. The van der Waals surface area contributed by atoms with Gasteiger partial charge < -0.3 is 15.7 Å². The Kier molecular flexibility index (Phi) is 4.28. The molecule has 0 bridgehead atoms. The van der Waals surface area contributed by atoms with Gasteiger partial charge in [0, 0.05) is 5.41 Å². The Labute approximate surface area is 124 Å². The minimum Gasteiger partial charge on any atom is -0.477 e. The van der Waals surface area contributed by atoms with E-state index >= 15 is 0 Å². The minimum atomic E-state index is -3.22. The molecule has 10 heteroatoms. The summed E-state index contributed by atoms with van der Waals surface area (Å²) >= 11 is 0.989. The third-order valence-corrected chi connectivity index (χ3v) is 5.22. The van der Waals surface area contributed by atoms with Crippen LogP contribution >= 0.6 is 11.3 Å². The number of rotatable bonds is 4. The zero-order valence-corrected chi connectivity index (χ0v) is 12.6. The van der Waals surface area contributed by atoms with Crippen LogP contribution < -0.4 is 10.6 Å². The van der Waals surface area contributed by atoms with Gasteiger partial charge in [-0.25, -0.2) is 23.0 Å². The number of aryl methyl sites for hydroxylation is 1. The molecule has 0 fully saturated rings. The standard InChI is InChI=1S/C11H13N3O5S2/c1-6-9(10(15)16)20-8(13-6)4-12-11(17)14-7-2-3-21(18,19)5-7/h2-3,7H,4-5H2,1H3,(H,15,16)(H2,12,14,17). The molecule has 0 spiro atoms. The van der Waals surface area contributed by atoms with Crippen LogP contribution in [-0.2, 0) is 16.4 Å². The summed E-state index contributed by atoms with van der Waals surface area (Å²) in [7, 11) is -3.22. The Morgan fingerprint density at radius 3 is 2.76 bits per heavy atom. The molecule has 1 aliphatic heterocycles. The average molecular weight is 331 g/mol. The Hall–Kier alpha value is -1.94. The first kappa shape index (κ1) is 15.4. The monoisotopic (exact) mass is 331 g/mol. The van der Waals surface area contributed by atoms with Gasteiger partial charge in [0.1, 0.15) is 9.88 Å². The molecular weight excluding hydrogens is 318 g/mol. The molecule has 2 rings (SSSR count). The number of aromatic nitrogens is 1. The number of nitrogens with zero attached hydrogens (tertiary/aromatic N) is 1. The van der Waals surface area contributed by atoms with Crippen LogP contribution in [0.1, 0.15) is 20.4 Å². The summed E-state index contributed by atoms with van der Waals surface area (Å²) in [5.74, 6) is -1.21. The van der Waals surface area contributed by atoms with Crippen LogP contribution in [0.25, 0.3) is 0 Å². The van der Waals surface area contributed by atoms with Crippen LogP contribution in [0.3, 0.4) is 0 Å². The van der Waals surface area contributed by atoms with Crippen molar-refractivity contribution in [3.05, 3.63) is 27.1 Å². The molecule has 0 aliphatic carbocycles. The molecule has 1 aromatic rings. The van der Waals surface area contributed by atoms with Gasteiger partial charge in [0.2, 0.25) is 0 Å². The zero-order chi connectivity index (χ0) is 15.6. The quantitative estimate of drug-likeness (QED) is 0.726. The zero-order valence-electron chi connectivity index (χ0n) is 11.0. The fourth-order valence-corrected chi connectivity index (χ4v) is 3.85. The maximum atomic E-state index is 11.6. The highest BCUT2D eigenvalue weighted by Crippen LogP contribution is 2.17. The van der Waals surface area contributed by atoms with E-state index in [-0.39, 0.29) is 17.2 Å². The number of amides is 2. The number of nitrogens with one attached hydrogen (secondary N) is 2. The number of carbonyl (C=O) groups is 2. The Balaban J connectivity index is 1.86. The van der Waals surface area contributed by atoms with Gasteiger partial charge in [0.25, 0.3) is 0 Å². The van der Waals surface area contributed by atoms with Crippen LogP contribution in [0.15, 0.2) is 11.5 Å². The van der Waals surface area contributed by atoms with E-state index in [1.165, 1.54) is 6.08 Å². The summed E-state index contributed by atoms with van der Waals surface area (Å²) in [6.07, 6.45) is 1.41. The molecule has 1 aliphatic rings. The van der Waals surface area contributed by atoms with E-state index < -0.39 is 27.9 Å². The Bertz CT molecular complexity index is 707. The van der Waals surface area contributed by atoms with Gasteiger partial charge in [-0.3, -0.25) is 0 Å². The molecule has 1 atom stereocenters. The SMILES string of the molecule is Cc1nc(CNC(=O)NC2C=CS(=O)(=O)C2)sc1C(=O)O. The fraction of sp³-hybridized carbons (Fsp3) is 0.364. The molecular formula is C11H13N3O5S2. The fourth-order valence-electron chi connectivity index (χ4n) is 1.77. The number of urea groups is 1. The van der Waals surface area contributed by atoms with Gasteiger partial charge in [-0.05, 0) is 13.0 Å². The lowest BCUT2D eigenvalue weighted by Crippen LogP contribution is -2.42. The topological polar surface area (TPSA) is 125 Å². The van der Waals surface area contributed by atoms with Gasteiger partial charge in [-0.1, -0.05) is 0 Å². The van der Waals surface area contributed by atoms with Gasteiger partial charge in [0.05, 0.1) is 24.0 Å². The third-order valence-electron chi connectivity index (χ3n) is 2.68. The third kappa shape index (κ3) is 4.02. The molecule has 8 nitrogen and oxygen atoms in total. The second-order valence-electron chi connectivity index (χ2n) is 4.42. The van der Waals surface area contributed by atoms with E-state index in [0.29, 0.717) is 10.7 Å². The minimum absolute atomic E-state index is 0.0772.